The summed E-state index contributed by atoms with van der Waals surface area (Å²) in [6.07, 6.45) is 5.33. The Morgan fingerprint density at radius 3 is 2.81 bits per heavy atom. The second-order valence-corrected chi connectivity index (χ2v) is 7.56. The smallest absolute Gasteiger partial charge is 0.278 e. The van der Waals surface area contributed by atoms with Crippen LogP contribution in [-0.2, 0) is 13.6 Å². The summed E-state index contributed by atoms with van der Waals surface area (Å²) in [4.78, 5) is 23.9. The zero-order chi connectivity index (χ0) is 19.0. The quantitative estimate of drug-likeness (QED) is 0.541. The van der Waals surface area contributed by atoms with Gasteiger partial charge in [-0.3, -0.25) is 19.4 Å². The number of benzene rings is 1. The molecule has 0 N–H and O–H groups in total. The van der Waals surface area contributed by atoms with E-state index in [4.69, 9.17) is 4.98 Å². The zero-order valence-electron chi connectivity index (χ0n) is 15.4. The fourth-order valence-corrected chi connectivity index (χ4v) is 4.04. The van der Waals surface area contributed by atoms with Crippen molar-refractivity contribution in [1.82, 2.24) is 19.7 Å². The van der Waals surface area contributed by atoms with Gasteiger partial charge in [-0.25, -0.2) is 4.98 Å². The van der Waals surface area contributed by atoms with Gasteiger partial charge in [0.05, 0.1) is 16.8 Å². The van der Waals surface area contributed by atoms with E-state index in [0.717, 1.165) is 21.3 Å². The summed E-state index contributed by atoms with van der Waals surface area (Å²) in [5.41, 5.74) is 4.29. The van der Waals surface area contributed by atoms with Crippen LogP contribution >= 0.6 is 11.3 Å². The Bertz CT molecular complexity index is 1120. The number of nitrogens with zero attached hydrogens (tertiary/aromatic N) is 5. The fourth-order valence-electron chi connectivity index (χ4n) is 2.98. The van der Waals surface area contributed by atoms with Gasteiger partial charge in [-0.15, -0.1) is 0 Å². The molecule has 0 spiro atoms. The summed E-state index contributed by atoms with van der Waals surface area (Å²) in [5, 5.41) is 5.01. The molecule has 6 nitrogen and oxygen atoms in total. The molecule has 1 aromatic carbocycles. The first-order chi connectivity index (χ1) is 13.0. The molecule has 1 amide bonds. The van der Waals surface area contributed by atoms with Crippen molar-refractivity contribution in [2.24, 2.45) is 7.05 Å². The lowest BCUT2D eigenvalue weighted by atomic mass is 10.2. The first-order valence-electron chi connectivity index (χ1n) is 8.59. The lowest BCUT2D eigenvalue weighted by molar-refractivity contribution is 0.0979. The summed E-state index contributed by atoms with van der Waals surface area (Å²) in [5.74, 6) is -0.160. The molecule has 0 saturated heterocycles. The normalized spacial score (nSPS) is 11.1. The number of thiazole rings is 1. The zero-order valence-corrected chi connectivity index (χ0v) is 16.2. The first-order valence-corrected chi connectivity index (χ1v) is 9.41. The van der Waals surface area contributed by atoms with Crippen LogP contribution in [0.3, 0.4) is 0 Å². The van der Waals surface area contributed by atoms with E-state index >= 15 is 0 Å². The van der Waals surface area contributed by atoms with Gasteiger partial charge in [0.15, 0.2) is 10.8 Å². The number of anilines is 1. The van der Waals surface area contributed by atoms with Gasteiger partial charge < -0.3 is 0 Å². The summed E-state index contributed by atoms with van der Waals surface area (Å²) in [6, 6.07) is 9.93. The van der Waals surface area contributed by atoms with Gasteiger partial charge in [0.2, 0.25) is 0 Å². The molecule has 4 aromatic rings. The van der Waals surface area contributed by atoms with Crippen molar-refractivity contribution in [2.45, 2.75) is 20.4 Å². The Balaban J connectivity index is 1.79. The lowest BCUT2D eigenvalue weighted by Crippen LogP contribution is -2.31. The Morgan fingerprint density at radius 1 is 1.26 bits per heavy atom. The maximum Gasteiger partial charge on any atom is 0.281 e. The molecule has 0 fully saturated rings. The number of hydrogen-bond acceptors (Lipinski definition) is 5. The number of pyridine rings is 1. The van der Waals surface area contributed by atoms with Crippen LogP contribution in [0, 0.1) is 13.8 Å². The van der Waals surface area contributed by atoms with Crippen molar-refractivity contribution in [3.63, 3.8) is 0 Å². The molecule has 0 bridgehead atoms. The average Bonchev–Trinajstić information content (AvgIpc) is 3.22. The monoisotopic (exact) mass is 377 g/mol. The van der Waals surface area contributed by atoms with E-state index in [1.54, 1.807) is 22.0 Å². The number of carbonyl (C=O) groups excluding carboxylic acids is 1. The maximum absolute atomic E-state index is 13.3. The Morgan fingerprint density at radius 2 is 2.11 bits per heavy atom. The van der Waals surface area contributed by atoms with Gasteiger partial charge in [-0.2, -0.15) is 5.10 Å². The number of rotatable bonds is 4. The topological polar surface area (TPSA) is 63.9 Å². The SMILES string of the molecule is Cc1ccc2nc(N(Cc3cccnc3)C(=O)c3nn(C)cc3C)sc2c1. The summed E-state index contributed by atoms with van der Waals surface area (Å²) in [6.45, 7) is 4.33. The van der Waals surface area contributed by atoms with Crippen molar-refractivity contribution >= 4 is 32.6 Å². The number of aromatic nitrogens is 4. The Kier molecular flexibility index (Phi) is 4.45. The van der Waals surface area contributed by atoms with Crippen LogP contribution in [-0.4, -0.2) is 25.7 Å². The van der Waals surface area contributed by atoms with E-state index in [9.17, 15) is 4.79 Å². The highest BCUT2D eigenvalue weighted by Crippen LogP contribution is 2.31. The standard InChI is InChI=1S/C20H19N5OS/c1-13-6-7-16-17(9-13)27-20(22-16)25(12-15-5-4-8-21-10-15)19(26)18-14(2)11-24(3)23-18/h4-11H,12H2,1-3H3. The van der Waals surface area contributed by atoms with Crippen LogP contribution in [0.1, 0.15) is 27.2 Å². The van der Waals surface area contributed by atoms with Gasteiger partial charge in [0.1, 0.15) is 0 Å². The van der Waals surface area contributed by atoms with Gasteiger partial charge in [0.25, 0.3) is 5.91 Å². The van der Waals surface area contributed by atoms with Crippen LogP contribution in [0.5, 0.6) is 0 Å². The molecule has 7 heteroatoms. The highest BCUT2D eigenvalue weighted by atomic mass is 32.1. The third-order valence-corrected chi connectivity index (χ3v) is 5.33. The molecule has 3 heterocycles. The third kappa shape index (κ3) is 3.46. The molecule has 4 rings (SSSR count). The number of amides is 1. The van der Waals surface area contributed by atoms with E-state index in [1.807, 2.05) is 44.4 Å². The van der Waals surface area contributed by atoms with Gasteiger partial charge >= 0.3 is 0 Å². The van der Waals surface area contributed by atoms with Crippen LogP contribution in [0.2, 0.25) is 0 Å². The molecule has 3 aromatic heterocycles. The highest BCUT2D eigenvalue weighted by Gasteiger charge is 2.25. The molecule has 0 radical (unpaired) electrons. The van der Waals surface area contributed by atoms with Crippen LogP contribution in [0.4, 0.5) is 5.13 Å². The molecule has 0 aliphatic carbocycles. The highest BCUT2D eigenvalue weighted by molar-refractivity contribution is 7.22. The van der Waals surface area contributed by atoms with Gasteiger partial charge in [-0.05, 0) is 43.2 Å². The van der Waals surface area contributed by atoms with Crippen molar-refractivity contribution in [3.8, 4) is 0 Å². The van der Waals surface area contributed by atoms with Crippen molar-refractivity contribution in [2.75, 3.05) is 4.90 Å². The molecular formula is C20H19N5OS. The lowest BCUT2D eigenvalue weighted by Gasteiger charge is -2.19. The fraction of sp³-hybridized carbons (Fsp3) is 0.200. The molecule has 0 aliphatic heterocycles. The second kappa shape index (κ2) is 6.92. The maximum atomic E-state index is 13.3. The number of aryl methyl sites for hydroxylation is 3. The third-order valence-electron chi connectivity index (χ3n) is 4.29. The van der Waals surface area contributed by atoms with Crippen molar-refractivity contribution in [3.05, 3.63) is 71.3 Å². The number of hydrogen-bond donors (Lipinski definition) is 0. The van der Waals surface area contributed by atoms with E-state index in [0.29, 0.717) is 17.4 Å². The van der Waals surface area contributed by atoms with E-state index in [-0.39, 0.29) is 5.91 Å². The minimum atomic E-state index is -0.160. The van der Waals surface area contributed by atoms with Gasteiger partial charge in [-0.1, -0.05) is 23.5 Å². The molecule has 27 heavy (non-hydrogen) atoms. The molecule has 136 valence electrons. The van der Waals surface area contributed by atoms with E-state index in [1.165, 1.54) is 16.9 Å². The van der Waals surface area contributed by atoms with Crippen molar-refractivity contribution in [1.29, 1.82) is 0 Å². The number of carbonyl (C=O) groups is 1. The second-order valence-electron chi connectivity index (χ2n) is 6.55. The molecular weight excluding hydrogens is 358 g/mol. The van der Waals surface area contributed by atoms with E-state index < -0.39 is 0 Å². The van der Waals surface area contributed by atoms with Crippen LogP contribution in [0.25, 0.3) is 10.2 Å². The molecule has 0 saturated carbocycles. The minimum Gasteiger partial charge on any atom is -0.278 e. The van der Waals surface area contributed by atoms with Crippen LogP contribution < -0.4 is 4.90 Å². The number of fused-ring (bicyclic) bond motifs is 1. The van der Waals surface area contributed by atoms with Crippen LogP contribution in [0.15, 0.2) is 48.9 Å². The summed E-state index contributed by atoms with van der Waals surface area (Å²) in [7, 11) is 1.82. The molecule has 0 unspecified atom stereocenters. The van der Waals surface area contributed by atoms with Crippen molar-refractivity contribution < 1.29 is 4.79 Å². The first kappa shape index (κ1) is 17.4. The van der Waals surface area contributed by atoms with E-state index in [2.05, 4.69) is 23.1 Å². The summed E-state index contributed by atoms with van der Waals surface area (Å²) >= 11 is 1.51. The predicted octanol–water partition coefficient (Wildman–Crippen LogP) is 3.89. The molecule has 0 atom stereocenters. The Labute approximate surface area is 161 Å². The minimum absolute atomic E-state index is 0.160. The molecule has 0 aliphatic rings. The predicted molar refractivity (Wildman–Crippen MR) is 107 cm³/mol. The summed E-state index contributed by atoms with van der Waals surface area (Å²) < 4.78 is 2.72. The Hall–Kier alpha value is -3.06. The van der Waals surface area contributed by atoms with Gasteiger partial charge in [0, 0.05) is 31.2 Å². The average molecular weight is 377 g/mol. The largest absolute Gasteiger partial charge is 0.281 e.